The van der Waals surface area contributed by atoms with Crippen molar-refractivity contribution in [2.45, 2.75) is 6.42 Å². The van der Waals surface area contributed by atoms with Crippen molar-refractivity contribution in [3.05, 3.63) is 72.1 Å². The van der Waals surface area contributed by atoms with E-state index in [0.717, 1.165) is 23.2 Å². The molecule has 16 heavy (non-hydrogen) atoms. The van der Waals surface area contributed by atoms with E-state index < -0.39 is 0 Å². The molecule has 2 nitrogen and oxygen atoms in total. The fraction of sp³-hybridized carbons (Fsp3) is 0.0714. The number of nitrogens with zero attached hydrogens (tertiary/aromatic N) is 1. The summed E-state index contributed by atoms with van der Waals surface area (Å²) >= 11 is 0. The third-order valence-corrected chi connectivity index (χ3v) is 2.46. The average Bonchev–Trinajstić information content (AvgIpc) is 2.31. The van der Waals surface area contributed by atoms with Crippen molar-refractivity contribution in [1.29, 1.82) is 0 Å². The van der Waals surface area contributed by atoms with Crippen LogP contribution in [0.2, 0.25) is 0 Å². The first-order chi connectivity index (χ1) is 7.77. The smallest absolute Gasteiger partial charge is 0.0447 e. The fourth-order valence-electron chi connectivity index (χ4n) is 1.69. The molecule has 0 spiro atoms. The van der Waals surface area contributed by atoms with Gasteiger partial charge in [-0.2, -0.15) is 0 Å². The van der Waals surface area contributed by atoms with Crippen LogP contribution in [0.1, 0.15) is 16.8 Å². The van der Waals surface area contributed by atoms with Gasteiger partial charge in [0.05, 0.1) is 0 Å². The predicted octanol–water partition coefficient (Wildman–Crippen LogP) is 2.60. The van der Waals surface area contributed by atoms with E-state index in [0.29, 0.717) is 5.70 Å². The lowest BCUT2D eigenvalue weighted by molar-refractivity contribution is 1.07. The van der Waals surface area contributed by atoms with E-state index in [1.165, 1.54) is 0 Å². The Morgan fingerprint density at radius 3 is 2.56 bits per heavy atom. The van der Waals surface area contributed by atoms with Gasteiger partial charge in [-0.25, -0.2) is 0 Å². The first kappa shape index (κ1) is 10.4. The quantitative estimate of drug-likeness (QED) is 0.845. The summed E-state index contributed by atoms with van der Waals surface area (Å²) < 4.78 is 0. The van der Waals surface area contributed by atoms with E-state index in [1.54, 1.807) is 6.20 Å². The molecule has 0 fully saturated rings. The summed E-state index contributed by atoms with van der Waals surface area (Å²) in [5, 5.41) is 0. The average molecular weight is 210 g/mol. The number of benzene rings is 1. The second-order valence-electron chi connectivity index (χ2n) is 3.68. The fourth-order valence-corrected chi connectivity index (χ4v) is 1.69. The minimum absolute atomic E-state index is 0.603. The zero-order valence-corrected chi connectivity index (χ0v) is 9.06. The van der Waals surface area contributed by atoms with E-state index in [1.807, 2.05) is 36.4 Å². The van der Waals surface area contributed by atoms with Crippen LogP contribution in [0.4, 0.5) is 0 Å². The molecule has 2 N–H and O–H groups in total. The molecule has 0 aliphatic heterocycles. The lowest BCUT2D eigenvalue weighted by Crippen LogP contribution is -2.01. The molecule has 1 aromatic heterocycles. The number of hydrogen-bond acceptors (Lipinski definition) is 2. The first-order valence-electron chi connectivity index (χ1n) is 5.20. The van der Waals surface area contributed by atoms with Gasteiger partial charge < -0.3 is 5.73 Å². The molecule has 0 bridgehead atoms. The van der Waals surface area contributed by atoms with E-state index in [2.05, 4.69) is 17.6 Å². The molecule has 0 radical (unpaired) electrons. The maximum Gasteiger partial charge on any atom is 0.0447 e. The number of rotatable bonds is 3. The Kier molecular flexibility index (Phi) is 3.01. The highest BCUT2D eigenvalue weighted by molar-refractivity contribution is 5.63. The highest BCUT2D eigenvalue weighted by atomic mass is 14.7. The number of nitrogens with two attached hydrogens (primary N) is 1. The highest BCUT2D eigenvalue weighted by Gasteiger charge is 2.04. The summed E-state index contributed by atoms with van der Waals surface area (Å²) in [5.74, 6) is 0. The topological polar surface area (TPSA) is 38.9 Å². The van der Waals surface area contributed by atoms with Gasteiger partial charge in [0.25, 0.3) is 0 Å². The molecule has 2 rings (SSSR count). The van der Waals surface area contributed by atoms with Crippen LogP contribution >= 0.6 is 0 Å². The van der Waals surface area contributed by atoms with Crippen molar-refractivity contribution < 1.29 is 0 Å². The van der Waals surface area contributed by atoms with Gasteiger partial charge in [-0.3, -0.25) is 4.98 Å². The standard InChI is InChI=1S/C14H14N2/c1-11(15)14-8-3-2-6-12(14)10-13-7-4-5-9-16-13/h2-9H,1,10,15H2. The number of aromatic nitrogens is 1. The van der Waals surface area contributed by atoms with Crippen LogP contribution in [-0.4, -0.2) is 4.98 Å². The summed E-state index contributed by atoms with van der Waals surface area (Å²) in [6.45, 7) is 3.79. The Bertz CT molecular complexity index is 489. The minimum Gasteiger partial charge on any atom is -0.399 e. The maximum atomic E-state index is 5.75. The molecule has 80 valence electrons. The molecule has 0 amide bonds. The van der Waals surface area contributed by atoms with Gasteiger partial charge in [-0.15, -0.1) is 0 Å². The normalized spacial score (nSPS) is 10.0. The summed E-state index contributed by atoms with van der Waals surface area (Å²) in [4.78, 5) is 4.30. The molecular formula is C14H14N2. The Morgan fingerprint density at radius 1 is 1.12 bits per heavy atom. The van der Waals surface area contributed by atoms with Crippen LogP contribution in [0.15, 0.2) is 55.2 Å². The number of pyridine rings is 1. The maximum absolute atomic E-state index is 5.75. The molecule has 2 aromatic rings. The van der Waals surface area contributed by atoms with Gasteiger partial charge in [0.1, 0.15) is 0 Å². The van der Waals surface area contributed by atoms with Crippen molar-refractivity contribution in [1.82, 2.24) is 4.98 Å². The van der Waals surface area contributed by atoms with E-state index in [9.17, 15) is 0 Å². The Morgan fingerprint density at radius 2 is 1.88 bits per heavy atom. The second kappa shape index (κ2) is 4.62. The Hall–Kier alpha value is -2.09. The number of hydrogen-bond donors (Lipinski definition) is 1. The van der Waals surface area contributed by atoms with Crippen molar-refractivity contribution in [3.8, 4) is 0 Å². The first-order valence-corrected chi connectivity index (χ1v) is 5.20. The molecule has 0 saturated carbocycles. The molecule has 0 aliphatic carbocycles. The predicted molar refractivity (Wildman–Crippen MR) is 66.7 cm³/mol. The van der Waals surface area contributed by atoms with Gasteiger partial charge >= 0.3 is 0 Å². The molecule has 0 aliphatic rings. The van der Waals surface area contributed by atoms with Crippen molar-refractivity contribution >= 4 is 5.70 Å². The summed E-state index contributed by atoms with van der Waals surface area (Å²) in [5.41, 5.74) is 9.56. The zero-order valence-electron chi connectivity index (χ0n) is 9.06. The van der Waals surface area contributed by atoms with Crippen LogP contribution in [0, 0.1) is 0 Å². The summed E-state index contributed by atoms with van der Waals surface area (Å²) in [6.07, 6.45) is 2.59. The minimum atomic E-state index is 0.603. The zero-order chi connectivity index (χ0) is 11.4. The second-order valence-corrected chi connectivity index (χ2v) is 3.68. The van der Waals surface area contributed by atoms with E-state index in [-0.39, 0.29) is 0 Å². The molecule has 1 heterocycles. The van der Waals surface area contributed by atoms with E-state index in [4.69, 9.17) is 5.73 Å². The van der Waals surface area contributed by atoms with Gasteiger partial charge in [0.15, 0.2) is 0 Å². The molecule has 2 heteroatoms. The third-order valence-electron chi connectivity index (χ3n) is 2.46. The van der Waals surface area contributed by atoms with Crippen molar-refractivity contribution in [2.75, 3.05) is 0 Å². The van der Waals surface area contributed by atoms with Crippen LogP contribution in [0.5, 0.6) is 0 Å². The van der Waals surface area contributed by atoms with Gasteiger partial charge in [-0.1, -0.05) is 36.9 Å². The van der Waals surface area contributed by atoms with Gasteiger partial charge in [0, 0.05) is 29.6 Å². The molecular weight excluding hydrogens is 196 g/mol. The largest absolute Gasteiger partial charge is 0.399 e. The lowest BCUT2D eigenvalue weighted by Gasteiger charge is -2.08. The Labute approximate surface area is 95.5 Å². The molecule has 0 unspecified atom stereocenters. The summed E-state index contributed by atoms with van der Waals surface area (Å²) in [7, 11) is 0. The lowest BCUT2D eigenvalue weighted by atomic mass is 10.0. The van der Waals surface area contributed by atoms with Gasteiger partial charge in [-0.05, 0) is 17.7 Å². The Balaban J connectivity index is 2.31. The molecule has 0 atom stereocenters. The SMILES string of the molecule is C=C(N)c1ccccc1Cc1ccccn1. The van der Waals surface area contributed by atoms with E-state index >= 15 is 0 Å². The third kappa shape index (κ3) is 2.28. The monoisotopic (exact) mass is 210 g/mol. The van der Waals surface area contributed by atoms with Crippen LogP contribution in [0.3, 0.4) is 0 Å². The molecule has 0 saturated heterocycles. The van der Waals surface area contributed by atoms with Gasteiger partial charge in [0.2, 0.25) is 0 Å². The van der Waals surface area contributed by atoms with Crippen molar-refractivity contribution in [3.63, 3.8) is 0 Å². The van der Waals surface area contributed by atoms with Crippen molar-refractivity contribution in [2.24, 2.45) is 5.73 Å². The highest BCUT2D eigenvalue weighted by Crippen LogP contribution is 2.16. The summed E-state index contributed by atoms with van der Waals surface area (Å²) in [6, 6.07) is 13.9. The van der Waals surface area contributed by atoms with Crippen LogP contribution in [0.25, 0.3) is 5.70 Å². The van der Waals surface area contributed by atoms with Crippen LogP contribution < -0.4 is 5.73 Å². The van der Waals surface area contributed by atoms with Crippen LogP contribution in [-0.2, 0) is 6.42 Å². The molecule has 1 aromatic carbocycles.